The number of halogens is 2. The van der Waals surface area contributed by atoms with Crippen molar-refractivity contribution in [3.63, 3.8) is 0 Å². The van der Waals surface area contributed by atoms with Crippen LogP contribution < -0.4 is 35.3 Å². The fourth-order valence-electron chi connectivity index (χ4n) is 7.22. The first-order chi connectivity index (χ1) is 21.6. The quantitative estimate of drug-likeness (QED) is 0.264. The molecule has 46 heavy (non-hydrogen) atoms. The van der Waals surface area contributed by atoms with Gasteiger partial charge in [-0.1, -0.05) is 0 Å². The van der Waals surface area contributed by atoms with Crippen LogP contribution >= 0.6 is 0 Å². The third-order valence-electron chi connectivity index (χ3n) is 9.32. The summed E-state index contributed by atoms with van der Waals surface area (Å²) in [5.74, 6) is 0.197. The molecule has 0 saturated carbocycles. The standard InChI is InChI=1S/C43H31.2ClH.Zr/c1-28-18-21-37-35(24-28)26-41-40(37)27-39(43(31-14-8-4-9-15-31)32-16-10-5-11-17-32)29(2)42(41)38-23-20-34-25-33(19-22-36(34)38)30-12-6-3-7-13-30;;;/h3-25,27,38H,1-2H3;2*1H;/q;;;+2/p-2. The van der Waals surface area contributed by atoms with Gasteiger partial charge in [0.15, 0.2) is 0 Å². The van der Waals surface area contributed by atoms with Crippen molar-refractivity contribution in [1.29, 1.82) is 0 Å². The molecule has 0 spiro atoms. The van der Waals surface area contributed by atoms with Crippen molar-refractivity contribution in [2.75, 3.05) is 0 Å². The molecule has 0 saturated heterocycles. The zero-order valence-corrected chi connectivity index (χ0v) is 29.7. The molecule has 0 fully saturated rings. The molecule has 3 heteroatoms. The van der Waals surface area contributed by atoms with Gasteiger partial charge >= 0.3 is 276 Å². The summed E-state index contributed by atoms with van der Waals surface area (Å²) < 4.78 is 1.47. The Morgan fingerprint density at radius 1 is 0.587 bits per heavy atom. The summed E-state index contributed by atoms with van der Waals surface area (Å²) in [5.41, 5.74) is 17.3. The predicted octanol–water partition coefficient (Wildman–Crippen LogP) is 3.07. The SMILES string of the molecule is Cc1ccc2c(c1)[C]([Zr+2])=c1c-2cc(=C(c2ccccc2)c2ccccc2)c(C)c1C1C=Cc2cc(-c3ccccc3)ccc21.[Cl-].[Cl-]. The summed E-state index contributed by atoms with van der Waals surface area (Å²) in [6, 6.07) is 49.1. The average Bonchev–Trinajstić information content (AvgIpc) is 3.61. The zero-order chi connectivity index (χ0) is 29.8. The molecule has 0 amide bonds. The Bertz CT molecular complexity index is 2190. The largest absolute Gasteiger partial charge is 1.00 e. The van der Waals surface area contributed by atoms with Gasteiger partial charge in [0, 0.05) is 0 Å². The van der Waals surface area contributed by atoms with Crippen molar-refractivity contribution in [3.8, 4) is 22.3 Å². The summed E-state index contributed by atoms with van der Waals surface area (Å²) in [5, 5.41) is 2.76. The number of hydrogen-bond acceptors (Lipinski definition) is 0. The van der Waals surface area contributed by atoms with Gasteiger partial charge in [0.05, 0.1) is 0 Å². The first kappa shape index (κ1) is 32.2. The smallest absolute Gasteiger partial charge is 1.00 e. The van der Waals surface area contributed by atoms with Crippen LogP contribution in [0.1, 0.15) is 50.4 Å². The number of rotatable bonds is 4. The molecule has 0 nitrogen and oxygen atoms in total. The second-order valence-corrected chi connectivity index (χ2v) is 13.2. The Morgan fingerprint density at radius 3 is 1.87 bits per heavy atom. The van der Waals surface area contributed by atoms with Gasteiger partial charge in [-0.15, -0.1) is 0 Å². The van der Waals surface area contributed by atoms with Crippen LogP contribution in [0.5, 0.6) is 0 Å². The van der Waals surface area contributed by atoms with Gasteiger partial charge in [-0.25, -0.2) is 0 Å². The molecule has 6 aromatic carbocycles. The molecule has 1 unspecified atom stereocenters. The van der Waals surface area contributed by atoms with Crippen LogP contribution in [0.2, 0.25) is 0 Å². The number of fused-ring (bicyclic) bond motifs is 4. The van der Waals surface area contributed by atoms with E-state index >= 15 is 0 Å². The van der Waals surface area contributed by atoms with E-state index in [-0.39, 0.29) is 30.7 Å². The summed E-state index contributed by atoms with van der Waals surface area (Å²) in [4.78, 5) is 0. The Hall–Kier alpha value is -3.74. The van der Waals surface area contributed by atoms with Gasteiger partial charge in [-0.3, -0.25) is 0 Å². The van der Waals surface area contributed by atoms with Crippen LogP contribution in [-0.4, -0.2) is 0 Å². The number of hydrogen-bond donors (Lipinski definition) is 0. The molecule has 221 valence electrons. The van der Waals surface area contributed by atoms with Crippen LogP contribution in [0, 0.1) is 13.8 Å². The molecule has 6 aromatic rings. The molecule has 0 bridgehead atoms. The summed E-state index contributed by atoms with van der Waals surface area (Å²) in [6.07, 6.45) is 4.78. The summed E-state index contributed by atoms with van der Waals surface area (Å²) >= 11 is 1.46. The maximum absolute atomic E-state index is 2.49. The van der Waals surface area contributed by atoms with Gasteiger partial charge in [-0.05, 0) is 0 Å². The average molecular weight is 710 g/mol. The van der Waals surface area contributed by atoms with Crippen molar-refractivity contribution in [2.45, 2.75) is 19.8 Å². The summed E-state index contributed by atoms with van der Waals surface area (Å²) in [6.45, 7) is 4.57. The van der Waals surface area contributed by atoms with E-state index in [1.807, 2.05) is 0 Å². The van der Waals surface area contributed by atoms with E-state index in [9.17, 15) is 0 Å². The Kier molecular flexibility index (Phi) is 9.22. The minimum atomic E-state index is 0. The molecule has 8 rings (SSSR count). The van der Waals surface area contributed by atoms with Crippen LogP contribution in [0.15, 0.2) is 140 Å². The molecule has 2 aliphatic rings. The minimum Gasteiger partial charge on any atom is -1.00 e. The second-order valence-electron chi connectivity index (χ2n) is 12.0. The normalized spacial score (nSPS) is 13.7. The van der Waals surface area contributed by atoms with Crippen LogP contribution in [-0.2, 0) is 24.7 Å². The Labute approximate surface area is 298 Å². The molecular weight excluding hydrogens is 679 g/mol. The predicted molar refractivity (Wildman–Crippen MR) is 180 cm³/mol. The maximum Gasteiger partial charge on any atom is -1.00 e. The zero-order valence-electron chi connectivity index (χ0n) is 25.7. The fraction of sp³-hybridized carbons (Fsp3) is 0.0698. The van der Waals surface area contributed by atoms with Crippen LogP contribution in [0.25, 0.3) is 37.2 Å². The van der Waals surface area contributed by atoms with E-state index in [1.54, 1.807) is 0 Å². The molecule has 1 atom stereocenters. The third kappa shape index (κ3) is 5.39. The van der Waals surface area contributed by atoms with Crippen LogP contribution in [0.3, 0.4) is 0 Å². The first-order valence-corrected chi connectivity index (χ1v) is 16.5. The number of aryl methyl sites for hydroxylation is 1. The minimum absolute atomic E-state index is 0. The molecule has 0 aromatic heterocycles. The maximum atomic E-state index is 2.49. The van der Waals surface area contributed by atoms with Crippen molar-refractivity contribution in [2.24, 2.45) is 0 Å². The van der Waals surface area contributed by atoms with E-state index in [0.717, 1.165) is 0 Å². The van der Waals surface area contributed by atoms with E-state index in [1.165, 1.54) is 111 Å². The van der Waals surface area contributed by atoms with Gasteiger partial charge < -0.3 is 24.8 Å². The molecule has 0 N–H and O–H groups in total. The van der Waals surface area contributed by atoms with Crippen molar-refractivity contribution in [1.82, 2.24) is 0 Å². The van der Waals surface area contributed by atoms with Gasteiger partial charge in [-0.2, -0.15) is 0 Å². The van der Waals surface area contributed by atoms with Crippen molar-refractivity contribution < 1.29 is 49.5 Å². The molecule has 0 heterocycles. The van der Waals surface area contributed by atoms with Gasteiger partial charge in [0.1, 0.15) is 0 Å². The van der Waals surface area contributed by atoms with E-state index in [0.29, 0.717) is 0 Å². The Balaban J connectivity index is 0.00000186. The molecule has 2 aliphatic carbocycles. The van der Waals surface area contributed by atoms with Crippen molar-refractivity contribution >= 4 is 14.9 Å². The molecule has 0 aliphatic heterocycles. The fourth-order valence-corrected chi connectivity index (χ4v) is 8.39. The van der Waals surface area contributed by atoms with Crippen LogP contribution in [0.4, 0.5) is 0 Å². The second kappa shape index (κ2) is 13.2. The van der Waals surface area contributed by atoms with E-state index in [4.69, 9.17) is 0 Å². The number of benzene rings is 6. The van der Waals surface area contributed by atoms with Gasteiger partial charge in [0.2, 0.25) is 0 Å². The number of allylic oxidation sites excluding steroid dienone is 1. The topological polar surface area (TPSA) is 0 Å². The summed E-state index contributed by atoms with van der Waals surface area (Å²) in [7, 11) is 0. The monoisotopic (exact) mass is 707 g/mol. The third-order valence-corrected chi connectivity index (χ3v) is 10.6. The van der Waals surface area contributed by atoms with E-state index in [2.05, 4.69) is 159 Å². The van der Waals surface area contributed by atoms with Gasteiger partial charge in [0.25, 0.3) is 0 Å². The van der Waals surface area contributed by atoms with E-state index < -0.39 is 0 Å². The molecule has 0 radical (unpaired) electrons. The molecular formula is C43H31Cl2Zr. The Morgan fingerprint density at radius 2 is 1.22 bits per heavy atom. The van der Waals surface area contributed by atoms with Crippen molar-refractivity contribution in [3.05, 3.63) is 194 Å². The first-order valence-electron chi connectivity index (χ1n) is 15.3.